The Balaban J connectivity index is 2.62. The minimum absolute atomic E-state index is 0.00917. The van der Waals surface area contributed by atoms with Crippen LogP contribution in [0.15, 0.2) is 4.99 Å². The van der Waals surface area contributed by atoms with Crippen molar-refractivity contribution in [3.8, 4) is 0 Å². The van der Waals surface area contributed by atoms with E-state index in [2.05, 4.69) is 22.5 Å². The van der Waals surface area contributed by atoms with Crippen molar-refractivity contribution in [2.75, 3.05) is 13.1 Å². The van der Waals surface area contributed by atoms with E-state index in [0.717, 1.165) is 32.1 Å². The highest BCUT2D eigenvalue weighted by Gasteiger charge is 2.25. The molecule has 1 rings (SSSR count). The molecule has 0 bridgehead atoms. The SMILES string of the molecule is CCCC1CCCCNC(=O)C(CCCN=C(N)Cl)NC1=O. The van der Waals surface area contributed by atoms with Crippen molar-refractivity contribution >= 4 is 28.7 Å². The molecular formula is C15H27ClN4O2. The van der Waals surface area contributed by atoms with Crippen LogP contribution in [0.2, 0.25) is 0 Å². The van der Waals surface area contributed by atoms with Crippen molar-refractivity contribution in [3.05, 3.63) is 0 Å². The van der Waals surface area contributed by atoms with Crippen LogP contribution in [0.4, 0.5) is 0 Å². The summed E-state index contributed by atoms with van der Waals surface area (Å²) in [5.74, 6) is -0.118. The average molecular weight is 331 g/mol. The van der Waals surface area contributed by atoms with Crippen LogP contribution in [0.25, 0.3) is 0 Å². The molecule has 1 fully saturated rings. The Hall–Kier alpha value is -1.30. The van der Waals surface area contributed by atoms with Crippen LogP contribution in [-0.2, 0) is 9.59 Å². The Morgan fingerprint density at radius 2 is 2.09 bits per heavy atom. The van der Waals surface area contributed by atoms with Gasteiger partial charge in [-0.05, 0) is 43.7 Å². The van der Waals surface area contributed by atoms with Gasteiger partial charge < -0.3 is 16.4 Å². The van der Waals surface area contributed by atoms with Crippen LogP contribution in [0.5, 0.6) is 0 Å². The van der Waals surface area contributed by atoms with Crippen molar-refractivity contribution in [2.45, 2.75) is 57.9 Å². The molecule has 0 aromatic heterocycles. The highest BCUT2D eigenvalue weighted by molar-refractivity contribution is 6.64. The molecule has 0 radical (unpaired) electrons. The normalized spacial score (nSPS) is 24.5. The minimum Gasteiger partial charge on any atom is -0.374 e. The highest BCUT2D eigenvalue weighted by Crippen LogP contribution is 2.16. The maximum atomic E-state index is 12.4. The number of carbonyl (C=O) groups excluding carboxylic acids is 2. The molecule has 0 saturated carbocycles. The molecule has 0 aromatic rings. The smallest absolute Gasteiger partial charge is 0.242 e. The van der Waals surface area contributed by atoms with E-state index in [-0.39, 0.29) is 23.0 Å². The van der Waals surface area contributed by atoms with E-state index in [9.17, 15) is 9.59 Å². The van der Waals surface area contributed by atoms with Crippen molar-refractivity contribution in [1.82, 2.24) is 10.6 Å². The van der Waals surface area contributed by atoms with E-state index < -0.39 is 6.04 Å². The fourth-order valence-corrected chi connectivity index (χ4v) is 2.73. The molecule has 0 aromatic carbocycles. The fraction of sp³-hybridized carbons (Fsp3) is 0.800. The second-order valence-electron chi connectivity index (χ2n) is 5.68. The Kier molecular flexibility index (Phi) is 8.89. The Morgan fingerprint density at radius 3 is 2.77 bits per heavy atom. The van der Waals surface area contributed by atoms with E-state index in [4.69, 9.17) is 17.3 Å². The van der Waals surface area contributed by atoms with Crippen LogP contribution in [0.3, 0.4) is 0 Å². The van der Waals surface area contributed by atoms with Gasteiger partial charge in [0.15, 0.2) is 5.29 Å². The van der Waals surface area contributed by atoms with E-state index in [0.29, 0.717) is 25.9 Å². The predicted molar refractivity (Wildman–Crippen MR) is 88.8 cm³/mol. The molecule has 4 N–H and O–H groups in total. The first-order valence-corrected chi connectivity index (χ1v) is 8.46. The number of hydrogen-bond donors (Lipinski definition) is 3. The topological polar surface area (TPSA) is 96.6 Å². The zero-order valence-electron chi connectivity index (χ0n) is 13.2. The van der Waals surface area contributed by atoms with Gasteiger partial charge in [0.1, 0.15) is 6.04 Å². The molecule has 2 amide bonds. The molecule has 1 aliphatic heterocycles. The second kappa shape index (κ2) is 10.4. The largest absolute Gasteiger partial charge is 0.374 e. The van der Waals surface area contributed by atoms with Crippen molar-refractivity contribution < 1.29 is 9.59 Å². The van der Waals surface area contributed by atoms with Crippen molar-refractivity contribution in [2.24, 2.45) is 16.6 Å². The van der Waals surface area contributed by atoms with Crippen LogP contribution in [-0.4, -0.2) is 36.2 Å². The van der Waals surface area contributed by atoms with Gasteiger partial charge >= 0.3 is 0 Å². The van der Waals surface area contributed by atoms with E-state index >= 15 is 0 Å². The van der Waals surface area contributed by atoms with Crippen LogP contribution < -0.4 is 16.4 Å². The van der Waals surface area contributed by atoms with Crippen LogP contribution in [0.1, 0.15) is 51.9 Å². The number of carbonyl (C=O) groups is 2. The summed E-state index contributed by atoms with van der Waals surface area (Å²) in [7, 11) is 0. The summed E-state index contributed by atoms with van der Waals surface area (Å²) in [6, 6.07) is -0.503. The van der Waals surface area contributed by atoms with Gasteiger partial charge in [0.25, 0.3) is 0 Å². The number of rotatable bonds is 6. The van der Waals surface area contributed by atoms with Gasteiger partial charge in [0.2, 0.25) is 11.8 Å². The van der Waals surface area contributed by atoms with E-state index in [1.165, 1.54) is 0 Å². The zero-order valence-corrected chi connectivity index (χ0v) is 14.0. The first kappa shape index (κ1) is 18.7. The molecule has 7 heteroatoms. The van der Waals surface area contributed by atoms with Crippen LogP contribution >= 0.6 is 11.6 Å². The Bertz CT molecular complexity index is 397. The molecule has 0 spiro atoms. The molecule has 6 nitrogen and oxygen atoms in total. The quantitative estimate of drug-likeness (QED) is 0.298. The van der Waals surface area contributed by atoms with Crippen molar-refractivity contribution in [1.29, 1.82) is 0 Å². The summed E-state index contributed by atoms with van der Waals surface area (Å²) in [6.07, 6.45) is 5.78. The lowest BCUT2D eigenvalue weighted by atomic mass is 9.94. The van der Waals surface area contributed by atoms with Crippen molar-refractivity contribution in [3.63, 3.8) is 0 Å². The number of aliphatic imine (C=N–C) groups is 1. The summed E-state index contributed by atoms with van der Waals surface area (Å²) in [6.45, 7) is 3.19. The molecule has 2 unspecified atom stereocenters. The molecule has 1 heterocycles. The summed E-state index contributed by atoms with van der Waals surface area (Å²) in [5.41, 5.74) is 5.26. The van der Waals surface area contributed by atoms with Gasteiger partial charge in [-0.1, -0.05) is 19.8 Å². The zero-order chi connectivity index (χ0) is 16.4. The van der Waals surface area contributed by atoms with Crippen LogP contribution in [0, 0.1) is 5.92 Å². The number of nitrogens with zero attached hydrogens (tertiary/aromatic N) is 1. The summed E-state index contributed by atoms with van der Waals surface area (Å²) in [5, 5.41) is 5.79. The maximum absolute atomic E-state index is 12.4. The second-order valence-corrected chi connectivity index (χ2v) is 6.07. The number of hydrogen-bond acceptors (Lipinski definition) is 3. The molecule has 1 aliphatic rings. The lowest BCUT2D eigenvalue weighted by Gasteiger charge is -2.24. The van der Waals surface area contributed by atoms with Gasteiger partial charge in [0.05, 0.1) is 0 Å². The number of halogens is 1. The molecule has 22 heavy (non-hydrogen) atoms. The monoisotopic (exact) mass is 330 g/mol. The number of amidine groups is 1. The molecule has 126 valence electrons. The minimum atomic E-state index is -0.503. The van der Waals surface area contributed by atoms with Gasteiger partial charge in [-0.2, -0.15) is 0 Å². The third kappa shape index (κ3) is 7.11. The Morgan fingerprint density at radius 1 is 1.32 bits per heavy atom. The van der Waals surface area contributed by atoms with E-state index in [1.54, 1.807) is 0 Å². The van der Waals surface area contributed by atoms with Gasteiger partial charge in [0, 0.05) is 19.0 Å². The third-order valence-electron chi connectivity index (χ3n) is 3.83. The highest BCUT2D eigenvalue weighted by atomic mass is 35.5. The molecule has 1 saturated heterocycles. The summed E-state index contributed by atoms with van der Waals surface area (Å²) < 4.78 is 0. The number of nitrogens with one attached hydrogen (secondary N) is 2. The number of nitrogens with two attached hydrogens (primary N) is 1. The summed E-state index contributed by atoms with van der Waals surface area (Å²) >= 11 is 5.47. The maximum Gasteiger partial charge on any atom is 0.242 e. The first-order chi connectivity index (χ1) is 10.5. The number of amides is 2. The third-order valence-corrected chi connectivity index (χ3v) is 3.95. The molecule has 2 atom stereocenters. The lowest BCUT2D eigenvalue weighted by Crippen LogP contribution is -2.49. The average Bonchev–Trinajstić information content (AvgIpc) is 2.47. The predicted octanol–water partition coefficient (Wildman–Crippen LogP) is 1.52. The summed E-state index contributed by atoms with van der Waals surface area (Å²) in [4.78, 5) is 28.4. The van der Waals surface area contributed by atoms with Gasteiger partial charge in [-0.25, -0.2) is 0 Å². The standard InChI is InChI=1S/C15H27ClN4O2/c1-2-6-11-7-3-4-9-18-14(22)12(20-13(11)21)8-5-10-19-15(16)17/h11-12H,2-10H2,1H3,(H2,17,19)(H,18,22)(H,20,21). The molecule has 0 aliphatic carbocycles. The molecular weight excluding hydrogens is 304 g/mol. The Labute approximate surface area is 137 Å². The van der Waals surface area contributed by atoms with E-state index in [1.807, 2.05) is 0 Å². The van der Waals surface area contributed by atoms with Gasteiger partial charge in [-0.15, -0.1) is 0 Å². The fourth-order valence-electron chi connectivity index (χ4n) is 2.65. The first-order valence-electron chi connectivity index (χ1n) is 8.08. The lowest BCUT2D eigenvalue weighted by molar-refractivity contribution is -0.132. The van der Waals surface area contributed by atoms with Gasteiger partial charge in [-0.3, -0.25) is 14.6 Å².